The molecule has 2 atom stereocenters. The van der Waals surface area contributed by atoms with Gasteiger partial charge in [0.05, 0.1) is 55.8 Å². The number of carbonyl (C=O) groups is 1. The lowest BCUT2D eigenvalue weighted by molar-refractivity contribution is -0.135. The molecular formula is C25H31FN6O3. The van der Waals surface area contributed by atoms with Gasteiger partial charge in [-0.3, -0.25) is 9.48 Å². The maximum absolute atomic E-state index is 14.4. The van der Waals surface area contributed by atoms with E-state index in [1.54, 1.807) is 10.9 Å². The van der Waals surface area contributed by atoms with Crippen molar-refractivity contribution in [2.24, 2.45) is 5.92 Å². The molecule has 3 aromatic heterocycles. The normalized spacial score (nSPS) is 19.4. The van der Waals surface area contributed by atoms with Crippen molar-refractivity contribution in [2.75, 3.05) is 33.4 Å². The summed E-state index contributed by atoms with van der Waals surface area (Å²) in [7, 11) is 1.39. The van der Waals surface area contributed by atoms with E-state index in [1.165, 1.54) is 13.2 Å². The molecule has 2 aliphatic rings. The Morgan fingerprint density at radius 1 is 1.29 bits per heavy atom. The van der Waals surface area contributed by atoms with Gasteiger partial charge in [-0.25, -0.2) is 14.1 Å². The number of hydrogen-bond acceptors (Lipinski definition) is 6. The highest BCUT2D eigenvalue weighted by molar-refractivity contribution is 5.77. The van der Waals surface area contributed by atoms with Crippen molar-refractivity contribution in [1.29, 1.82) is 0 Å². The minimum absolute atomic E-state index is 0.0472. The van der Waals surface area contributed by atoms with Crippen molar-refractivity contribution in [3.8, 4) is 22.8 Å². The number of likely N-dealkylation sites (tertiary alicyclic amines) is 1. The molecule has 9 nitrogen and oxygen atoms in total. The number of piperidine rings is 1. The van der Waals surface area contributed by atoms with E-state index in [0.717, 1.165) is 42.0 Å². The van der Waals surface area contributed by atoms with Crippen molar-refractivity contribution in [2.45, 2.75) is 45.6 Å². The first-order valence-electron chi connectivity index (χ1n) is 12.2. The number of aromatic nitrogens is 5. The molecule has 1 amide bonds. The summed E-state index contributed by atoms with van der Waals surface area (Å²) in [6.45, 7) is 6.87. The van der Waals surface area contributed by atoms with E-state index in [0.29, 0.717) is 38.2 Å². The smallest absolute Gasteiger partial charge is 0.250 e. The summed E-state index contributed by atoms with van der Waals surface area (Å²) in [4.78, 5) is 18.4. The van der Waals surface area contributed by atoms with Gasteiger partial charge < -0.3 is 14.4 Å². The molecule has 1 saturated heterocycles. The van der Waals surface area contributed by atoms with Crippen molar-refractivity contribution in [3.05, 3.63) is 41.7 Å². The average molecular weight is 483 g/mol. The van der Waals surface area contributed by atoms with E-state index in [-0.39, 0.29) is 23.7 Å². The Morgan fingerprint density at radius 2 is 2.11 bits per heavy atom. The van der Waals surface area contributed by atoms with Crippen LogP contribution in [-0.4, -0.2) is 68.8 Å². The number of hydrogen-bond donors (Lipinski definition) is 0. The summed E-state index contributed by atoms with van der Waals surface area (Å²) >= 11 is 0. The zero-order valence-electron chi connectivity index (χ0n) is 20.4. The van der Waals surface area contributed by atoms with E-state index >= 15 is 0 Å². The van der Waals surface area contributed by atoms with Crippen LogP contribution in [0.15, 0.2) is 24.7 Å². The molecule has 5 rings (SSSR count). The van der Waals surface area contributed by atoms with Gasteiger partial charge in [0.2, 0.25) is 11.8 Å². The number of fused-ring (bicyclic) bond motifs is 1. The Balaban J connectivity index is 1.47. The zero-order chi connectivity index (χ0) is 24.5. The van der Waals surface area contributed by atoms with E-state index < -0.39 is 5.82 Å². The number of nitrogens with zero attached hydrogens (tertiary/aromatic N) is 6. The number of halogens is 1. The van der Waals surface area contributed by atoms with Gasteiger partial charge in [0, 0.05) is 49.3 Å². The van der Waals surface area contributed by atoms with Crippen LogP contribution in [0.5, 0.6) is 5.88 Å². The van der Waals surface area contributed by atoms with Crippen LogP contribution in [0, 0.1) is 11.7 Å². The highest BCUT2D eigenvalue weighted by Gasteiger charge is 2.30. The van der Waals surface area contributed by atoms with E-state index in [9.17, 15) is 9.18 Å². The lowest BCUT2D eigenvalue weighted by Crippen LogP contribution is -2.40. The van der Waals surface area contributed by atoms with Crippen LogP contribution in [-0.2, 0) is 22.4 Å². The fraction of sp³-hybridized carbons (Fsp3) is 0.520. The summed E-state index contributed by atoms with van der Waals surface area (Å²) in [5.41, 5.74) is 4.32. The van der Waals surface area contributed by atoms with E-state index in [2.05, 4.69) is 17.0 Å². The Morgan fingerprint density at radius 3 is 2.86 bits per heavy atom. The summed E-state index contributed by atoms with van der Waals surface area (Å²) in [6.07, 6.45) is 8.28. The molecule has 0 aliphatic carbocycles. The summed E-state index contributed by atoms with van der Waals surface area (Å²) in [6, 6.07) is 1.48. The fourth-order valence-corrected chi connectivity index (χ4v) is 5.12. The first-order valence-corrected chi connectivity index (χ1v) is 12.2. The van der Waals surface area contributed by atoms with E-state index in [4.69, 9.17) is 14.6 Å². The predicted octanol–water partition coefficient (Wildman–Crippen LogP) is 3.21. The SMILES string of the molecule is CCN1CCC(C(C)n2cc(-c3nn(-c4cnc(OC)c(F)c4)c4c3CCOCC4)cn2)CC1=O. The minimum atomic E-state index is -0.536. The highest BCUT2D eigenvalue weighted by atomic mass is 19.1. The van der Waals surface area contributed by atoms with Crippen LogP contribution in [0.25, 0.3) is 16.9 Å². The van der Waals surface area contributed by atoms with Gasteiger partial charge in [0.15, 0.2) is 5.82 Å². The van der Waals surface area contributed by atoms with Gasteiger partial charge in [0.25, 0.3) is 0 Å². The molecule has 0 radical (unpaired) electrons. The van der Waals surface area contributed by atoms with Crippen LogP contribution < -0.4 is 4.74 Å². The van der Waals surface area contributed by atoms with Gasteiger partial charge in [-0.1, -0.05) is 0 Å². The monoisotopic (exact) mass is 482 g/mol. The van der Waals surface area contributed by atoms with Crippen molar-refractivity contribution in [1.82, 2.24) is 29.4 Å². The first kappa shape index (κ1) is 23.5. The van der Waals surface area contributed by atoms with Gasteiger partial charge in [-0.2, -0.15) is 10.2 Å². The number of carbonyl (C=O) groups excluding carboxylic acids is 1. The highest BCUT2D eigenvalue weighted by Crippen LogP contribution is 2.33. The number of pyridine rings is 1. The van der Waals surface area contributed by atoms with Crippen LogP contribution in [0.3, 0.4) is 0 Å². The van der Waals surface area contributed by atoms with Crippen molar-refractivity contribution < 1.29 is 18.7 Å². The molecule has 0 aromatic carbocycles. The zero-order valence-corrected chi connectivity index (χ0v) is 20.4. The summed E-state index contributed by atoms with van der Waals surface area (Å²) in [5, 5.41) is 9.53. The Kier molecular flexibility index (Phi) is 6.55. The second-order valence-corrected chi connectivity index (χ2v) is 9.16. The van der Waals surface area contributed by atoms with Crippen molar-refractivity contribution in [3.63, 3.8) is 0 Å². The molecule has 1 fully saturated rings. The second kappa shape index (κ2) is 9.77. The quantitative estimate of drug-likeness (QED) is 0.536. The standard InChI is InChI=1S/C25H31FN6O3/c1-4-30-8-5-17(11-23(30)33)16(2)31-15-18(13-28-31)24-20-6-9-35-10-7-22(20)32(29-24)19-12-21(26)25(34-3)27-14-19/h12-17H,4-11H2,1-3H3. The third-order valence-corrected chi connectivity index (χ3v) is 7.22. The maximum atomic E-state index is 14.4. The van der Waals surface area contributed by atoms with Crippen LogP contribution in [0.1, 0.15) is 44.0 Å². The second-order valence-electron chi connectivity index (χ2n) is 9.16. The third kappa shape index (κ3) is 4.42. The Bertz CT molecular complexity index is 1220. The lowest BCUT2D eigenvalue weighted by Gasteiger charge is -2.33. The average Bonchev–Trinajstić information content (AvgIpc) is 3.41. The van der Waals surface area contributed by atoms with Crippen LogP contribution >= 0.6 is 0 Å². The van der Waals surface area contributed by atoms with E-state index in [1.807, 2.05) is 28.9 Å². The number of methoxy groups -OCH3 is 1. The number of amides is 1. The van der Waals surface area contributed by atoms with Gasteiger partial charge >= 0.3 is 0 Å². The maximum Gasteiger partial charge on any atom is 0.250 e. The van der Waals surface area contributed by atoms with Gasteiger partial charge in [-0.15, -0.1) is 0 Å². The van der Waals surface area contributed by atoms with Gasteiger partial charge in [0.1, 0.15) is 0 Å². The molecular weight excluding hydrogens is 451 g/mol. The molecule has 0 N–H and O–H groups in total. The third-order valence-electron chi connectivity index (χ3n) is 7.22. The number of rotatable bonds is 6. The topological polar surface area (TPSA) is 87.3 Å². The molecule has 3 aromatic rings. The van der Waals surface area contributed by atoms with Crippen molar-refractivity contribution >= 4 is 5.91 Å². The number of ether oxygens (including phenoxy) is 2. The molecule has 35 heavy (non-hydrogen) atoms. The fourth-order valence-electron chi connectivity index (χ4n) is 5.12. The van der Waals surface area contributed by atoms with Crippen LogP contribution in [0.2, 0.25) is 0 Å². The predicted molar refractivity (Wildman–Crippen MR) is 127 cm³/mol. The minimum Gasteiger partial charge on any atom is -0.479 e. The summed E-state index contributed by atoms with van der Waals surface area (Å²) in [5.74, 6) is -0.123. The molecule has 10 heteroatoms. The molecule has 5 heterocycles. The Hall–Kier alpha value is -3.27. The van der Waals surface area contributed by atoms with Crippen LogP contribution in [0.4, 0.5) is 4.39 Å². The summed E-state index contributed by atoms with van der Waals surface area (Å²) < 4.78 is 28.8. The Labute approximate surface area is 203 Å². The van der Waals surface area contributed by atoms with Gasteiger partial charge in [-0.05, 0) is 32.6 Å². The lowest BCUT2D eigenvalue weighted by atomic mass is 9.90. The molecule has 2 unspecified atom stereocenters. The molecule has 0 bridgehead atoms. The molecule has 0 saturated carbocycles. The molecule has 0 spiro atoms. The molecule has 186 valence electrons. The molecule has 2 aliphatic heterocycles. The first-order chi connectivity index (χ1) is 17.0. The largest absolute Gasteiger partial charge is 0.479 e.